The Balaban J connectivity index is 2.19. The SMILES string of the molecule is O=C(O)CCCNC(=O)c1nn[nH]n1. The fourth-order valence-electron chi connectivity index (χ4n) is 0.779. The lowest BCUT2D eigenvalue weighted by Gasteiger charge is -1.99. The predicted octanol–water partition coefficient (Wildman–Crippen LogP) is -1.21. The normalized spacial score (nSPS) is 9.71. The van der Waals surface area contributed by atoms with E-state index in [1.54, 1.807) is 0 Å². The van der Waals surface area contributed by atoms with Gasteiger partial charge in [0.2, 0.25) is 0 Å². The van der Waals surface area contributed by atoms with Crippen LogP contribution in [0.3, 0.4) is 0 Å². The van der Waals surface area contributed by atoms with Gasteiger partial charge in [-0.1, -0.05) is 0 Å². The summed E-state index contributed by atoms with van der Waals surface area (Å²) >= 11 is 0. The molecule has 0 aliphatic rings. The lowest BCUT2D eigenvalue weighted by molar-refractivity contribution is -0.137. The molecule has 0 bridgehead atoms. The lowest BCUT2D eigenvalue weighted by Crippen LogP contribution is -2.26. The van der Waals surface area contributed by atoms with Gasteiger partial charge in [-0.2, -0.15) is 5.21 Å². The Morgan fingerprint density at radius 2 is 2.29 bits per heavy atom. The first-order valence-corrected chi connectivity index (χ1v) is 3.93. The Hall–Kier alpha value is -1.99. The lowest BCUT2D eigenvalue weighted by atomic mass is 10.3. The summed E-state index contributed by atoms with van der Waals surface area (Å²) in [7, 11) is 0. The topological polar surface area (TPSA) is 121 Å². The number of hydrogen-bond donors (Lipinski definition) is 3. The highest BCUT2D eigenvalue weighted by atomic mass is 16.4. The van der Waals surface area contributed by atoms with Gasteiger partial charge in [-0.05, 0) is 11.6 Å². The van der Waals surface area contributed by atoms with Gasteiger partial charge in [-0.15, -0.1) is 10.2 Å². The molecule has 8 heteroatoms. The van der Waals surface area contributed by atoms with Crippen molar-refractivity contribution in [2.45, 2.75) is 12.8 Å². The van der Waals surface area contributed by atoms with Crippen LogP contribution in [0.1, 0.15) is 23.5 Å². The molecule has 1 amide bonds. The van der Waals surface area contributed by atoms with Gasteiger partial charge in [0, 0.05) is 13.0 Å². The first kappa shape index (κ1) is 10.1. The van der Waals surface area contributed by atoms with E-state index in [-0.39, 0.29) is 18.8 Å². The Bertz CT molecular complexity index is 309. The maximum absolute atomic E-state index is 11.1. The summed E-state index contributed by atoms with van der Waals surface area (Å²) in [5, 5.41) is 23.0. The molecule has 1 aromatic heterocycles. The number of amides is 1. The number of carboxylic acid groups (broad SMARTS) is 1. The minimum Gasteiger partial charge on any atom is -0.481 e. The number of aromatic amines is 1. The Labute approximate surface area is 78.7 Å². The second-order valence-electron chi connectivity index (χ2n) is 2.49. The number of carboxylic acids is 1. The van der Waals surface area contributed by atoms with Crippen molar-refractivity contribution in [3.05, 3.63) is 5.82 Å². The molecule has 14 heavy (non-hydrogen) atoms. The van der Waals surface area contributed by atoms with Crippen molar-refractivity contribution < 1.29 is 14.7 Å². The molecule has 0 saturated heterocycles. The molecule has 0 aliphatic heterocycles. The molecule has 76 valence electrons. The fraction of sp³-hybridized carbons (Fsp3) is 0.500. The molecule has 0 saturated carbocycles. The zero-order valence-corrected chi connectivity index (χ0v) is 7.23. The van der Waals surface area contributed by atoms with Crippen LogP contribution in [0.2, 0.25) is 0 Å². The largest absolute Gasteiger partial charge is 0.481 e. The van der Waals surface area contributed by atoms with Gasteiger partial charge >= 0.3 is 5.97 Å². The molecule has 1 rings (SSSR count). The van der Waals surface area contributed by atoms with Gasteiger partial charge in [0.05, 0.1) is 0 Å². The number of nitrogens with one attached hydrogen (secondary N) is 2. The maximum atomic E-state index is 11.1. The summed E-state index contributed by atoms with van der Waals surface area (Å²) in [6.45, 7) is 0.277. The molecule has 3 N–H and O–H groups in total. The van der Waals surface area contributed by atoms with E-state index >= 15 is 0 Å². The van der Waals surface area contributed by atoms with Crippen LogP contribution in [0.5, 0.6) is 0 Å². The number of carbonyl (C=O) groups excluding carboxylic acids is 1. The molecule has 0 atom stereocenters. The predicted molar refractivity (Wildman–Crippen MR) is 43.4 cm³/mol. The van der Waals surface area contributed by atoms with E-state index in [9.17, 15) is 9.59 Å². The molecule has 0 fully saturated rings. The van der Waals surface area contributed by atoms with E-state index in [4.69, 9.17) is 5.11 Å². The highest BCUT2D eigenvalue weighted by Crippen LogP contribution is 1.88. The van der Waals surface area contributed by atoms with Crippen LogP contribution in [0.4, 0.5) is 0 Å². The minimum atomic E-state index is -0.890. The molecule has 0 aromatic carbocycles. The van der Waals surface area contributed by atoms with Gasteiger partial charge in [-0.25, -0.2) is 0 Å². The van der Waals surface area contributed by atoms with Crippen molar-refractivity contribution in [1.82, 2.24) is 25.9 Å². The zero-order chi connectivity index (χ0) is 10.4. The fourth-order valence-corrected chi connectivity index (χ4v) is 0.779. The second-order valence-corrected chi connectivity index (χ2v) is 2.49. The van der Waals surface area contributed by atoms with Gasteiger partial charge in [0.1, 0.15) is 0 Å². The number of aromatic nitrogens is 4. The summed E-state index contributed by atoms with van der Waals surface area (Å²) in [5.74, 6) is -1.41. The van der Waals surface area contributed by atoms with Crippen LogP contribution in [-0.2, 0) is 4.79 Å². The average Bonchev–Trinajstić information content (AvgIpc) is 2.64. The highest BCUT2D eigenvalue weighted by molar-refractivity contribution is 5.89. The number of aliphatic carboxylic acids is 1. The minimum absolute atomic E-state index is 0.0204. The molecule has 0 unspecified atom stereocenters. The first-order chi connectivity index (χ1) is 6.70. The Kier molecular flexibility index (Phi) is 3.53. The van der Waals surface area contributed by atoms with E-state index in [0.717, 1.165) is 0 Å². The first-order valence-electron chi connectivity index (χ1n) is 3.93. The van der Waals surface area contributed by atoms with Gasteiger partial charge < -0.3 is 10.4 Å². The summed E-state index contributed by atoms with van der Waals surface area (Å²) < 4.78 is 0. The van der Waals surface area contributed by atoms with E-state index in [0.29, 0.717) is 6.42 Å². The smallest absolute Gasteiger partial charge is 0.303 e. The van der Waals surface area contributed by atoms with E-state index < -0.39 is 11.9 Å². The summed E-state index contributed by atoms with van der Waals surface area (Å²) in [6.07, 6.45) is 0.394. The van der Waals surface area contributed by atoms with E-state index in [1.807, 2.05) is 0 Å². The van der Waals surface area contributed by atoms with Gasteiger partial charge in [-0.3, -0.25) is 9.59 Å². The molecular formula is C6H9N5O3. The summed E-state index contributed by atoms with van der Waals surface area (Å²) in [5.41, 5.74) is 0. The van der Waals surface area contributed by atoms with Crippen LogP contribution in [-0.4, -0.2) is 44.2 Å². The van der Waals surface area contributed by atoms with Crippen molar-refractivity contribution in [2.24, 2.45) is 0 Å². The van der Waals surface area contributed by atoms with E-state index in [1.165, 1.54) is 0 Å². The third-order valence-electron chi connectivity index (χ3n) is 1.40. The average molecular weight is 199 g/mol. The number of nitrogens with zero attached hydrogens (tertiary/aromatic N) is 3. The standard InChI is InChI=1S/C6H9N5O3/c12-4(13)2-1-3-7-6(14)5-8-10-11-9-5/h1-3H2,(H,7,14)(H,12,13)(H,8,9,10,11). The van der Waals surface area contributed by atoms with Crippen LogP contribution in [0.25, 0.3) is 0 Å². The molecule has 0 aliphatic carbocycles. The molecular weight excluding hydrogens is 190 g/mol. The molecule has 1 aromatic rings. The van der Waals surface area contributed by atoms with Crippen molar-refractivity contribution >= 4 is 11.9 Å². The number of hydrogen-bond acceptors (Lipinski definition) is 5. The molecule has 0 spiro atoms. The third kappa shape index (κ3) is 3.17. The number of carbonyl (C=O) groups is 2. The zero-order valence-electron chi connectivity index (χ0n) is 7.23. The quantitative estimate of drug-likeness (QED) is 0.512. The van der Waals surface area contributed by atoms with Gasteiger partial charge in [0.15, 0.2) is 0 Å². The van der Waals surface area contributed by atoms with Crippen molar-refractivity contribution in [3.63, 3.8) is 0 Å². The number of H-pyrrole nitrogens is 1. The second kappa shape index (κ2) is 4.90. The third-order valence-corrected chi connectivity index (χ3v) is 1.40. The molecule has 0 radical (unpaired) electrons. The summed E-state index contributed by atoms with van der Waals surface area (Å²) in [4.78, 5) is 21.2. The monoisotopic (exact) mass is 199 g/mol. The Morgan fingerprint density at radius 1 is 1.50 bits per heavy atom. The van der Waals surface area contributed by atoms with Gasteiger partial charge in [0.25, 0.3) is 11.7 Å². The van der Waals surface area contributed by atoms with Crippen LogP contribution in [0.15, 0.2) is 0 Å². The van der Waals surface area contributed by atoms with E-state index in [2.05, 4.69) is 25.9 Å². The summed E-state index contributed by atoms with van der Waals surface area (Å²) in [6, 6.07) is 0. The van der Waals surface area contributed by atoms with Crippen LogP contribution < -0.4 is 5.32 Å². The van der Waals surface area contributed by atoms with Crippen LogP contribution >= 0.6 is 0 Å². The Morgan fingerprint density at radius 3 is 2.86 bits per heavy atom. The molecule has 8 nitrogen and oxygen atoms in total. The highest BCUT2D eigenvalue weighted by Gasteiger charge is 2.09. The van der Waals surface area contributed by atoms with Crippen molar-refractivity contribution in [2.75, 3.05) is 6.54 Å². The molecule has 1 heterocycles. The van der Waals surface area contributed by atoms with Crippen LogP contribution in [0, 0.1) is 0 Å². The van der Waals surface area contributed by atoms with Crippen molar-refractivity contribution in [1.29, 1.82) is 0 Å². The maximum Gasteiger partial charge on any atom is 0.303 e. The number of tetrazole rings is 1. The number of rotatable bonds is 5. The van der Waals surface area contributed by atoms with Crippen molar-refractivity contribution in [3.8, 4) is 0 Å².